The van der Waals surface area contributed by atoms with Crippen molar-refractivity contribution in [3.8, 4) is 0 Å². The maximum absolute atomic E-state index is 11.7. The maximum Gasteiger partial charge on any atom is 0.303 e. The van der Waals surface area contributed by atoms with Crippen LogP contribution in [-0.4, -0.2) is 40.6 Å². The van der Waals surface area contributed by atoms with Gasteiger partial charge in [0.25, 0.3) is 0 Å². The van der Waals surface area contributed by atoms with Gasteiger partial charge < -0.3 is 21.3 Å². The first-order valence-electron chi connectivity index (χ1n) is 6.69. The van der Waals surface area contributed by atoms with Crippen LogP contribution < -0.4 is 11.1 Å². The fraction of sp³-hybridized carbons (Fsp3) is 0.769. The Balaban J connectivity index is 4.20. The summed E-state index contributed by atoms with van der Waals surface area (Å²) >= 11 is 0. The van der Waals surface area contributed by atoms with Crippen LogP contribution in [0.2, 0.25) is 0 Å². The third kappa shape index (κ3) is 9.32. The van der Waals surface area contributed by atoms with Gasteiger partial charge in [0.2, 0.25) is 5.91 Å². The van der Waals surface area contributed by atoms with Crippen LogP contribution >= 0.6 is 0 Å². The summed E-state index contributed by atoms with van der Waals surface area (Å²) in [6.07, 6.45) is 0.577. The molecule has 0 radical (unpaired) electrons. The third-order valence-corrected chi connectivity index (χ3v) is 2.84. The fourth-order valence-electron chi connectivity index (χ4n) is 1.94. The molecule has 7 nitrogen and oxygen atoms in total. The van der Waals surface area contributed by atoms with E-state index in [1.807, 2.05) is 13.8 Å². The molecule has 0 spiro atoms. The molecule has 20 heavy (non-hydrogen) atoms. The summed E-state index contributed by atoms with van der Waals surface area (Å²) in [5, 5.41) is 19.9. The zero-order valence-electron chi connectivity index (χ0n) is 12.0. The van der Waals surface area contributed by atoms with Crippen molar-refractivity contribution < 1.29 is 24.6 Å². The second-order valence-electron chi connectivity index (χ2n) is 5.38. The number of carboxylic acid groups (broad SMARTS) is 2. The highest BCUT2D eigenvalue weighted by Crippen LogP contribution is 2.14. The van der Waals surface area contributed by atoms with Gasteiger partial charge in [0.05, 0.1) is 6.04 Å². The minimum Gasteiger partial charge on any atom is -0.481 e. The zero-order chi connectivity index (χ0) is 15.7. The minimum absolute atomic E-state index is 0.0111. The van der Waals surface area contributed by atoms with Gasteiger partial charge in [-0.1, -0.05) is 13.8 Å². The largest absolute Gasteiger partial charge is 0.481 e. The first-order chi connectivity index (χ1) is 9.22. The summed E-state index contributed by atoms with van der Waals surface area (Å²) in [6.45, 7) is 4.20. The Morgan fingerprint density at radius 3 is 2.20 bits per heavy atom. The average molecular weight is 288 g/mol. The highest BCUT2D eigenvalue weighted by molar-refractivity contribution is 5.82. The number of hydrogen-bond acceptors (Lipinski definition) is 4. The van der Waals surface area contributed by atoms with Crippen molar-refractivity contribution in [2.24, 2.45) is 17.6 Å². The van der Waals surface area contributed by atoms with Crippen molar-refractivity contribution >= 4 is 17.8 Å². The van der Waals surface area contributed by atoms with Crippen LogP contribution in [0.5, 0.6) is 0 Å². The van der Waals surface area contributed by atoms with Crippen molar-refractivity contribution in [2.75, 3.05) is 6.54 Å². The van der Waals surface area contributed by atoms with Crippen LogP contribution in [-0.2, 0) is 14.4 Å². The lowest BCUT2D eigenvalue weighted by atomic mass is 9.94. The Bertz CT molecular complexity index is 344. The van der Waals surface area contributed by atoms with Gasteiger partial charge in [0.1, 0.15) is 0 Å². The van der Waals surface area contributed by atoms with Gasteiger partial charge in [-0.25, -0.2) is 0 Å². The summed E-state index contributed by atoms with van der Waals surface area (Å²) < 4.78 is 0. The highest BCUT2D eigenvalue weighted by Gasteiger charge is 2.19. The molecule has 2 unspecified atom stereocenters. The molecule has 0 saturated heterocycles. The molecule has 0 bridgehead atoms. The highest BCUT2D eigenvalue weighted by atomic mass is 16.4. The maximum atomic E-state index is 11.7. The number of nitrogens with two attached hydrogens (primary N) is 1. The van der Waals surface area contributed by atoms with Crippen LogP contribution in [0.3, 0.4) is 0 Å². The SMILES string of the molecule is CC(C)CC(CNC(=O)C(N)CCC(=O)O)CC(=O)O. The molecular weight excluding hydrogens is 264 g/mol. The summed E-state index contributed by atoms with van der Waals surface area (Å²) in [6, 6.07) is -0.879. The van der Waals surface area contributed by atoms with Crippen LogP contribution in [0.25, 0.3) is 0 Å². The molecular formula is C13H24N2O5. The van der Waals surface area contributed by atoms with E-state index in [-0.39, 0.29) is 31.7 Å². The van der Waals surface area contributed by atoms with E-state index in [9.17, 15) is 14.4 Å². The molecule has 0 aliphatic heterocycles. The molecule has 7 heteroatoms. The molecule has 0 aromatic rings. The predicted octanol–water partition coefficient (Wildman–Crippen LogP) is 0.432. The Kier molecular flexibility index (Phi) is 8.54. The van der Waals surface area contributed by atoms with Gasteiger partial charge in [-0.2, -0.15) is 0 Å². The average Bonchev–Trinajstić information content (AvgIpc) is 2.31. The van der Waals surface area contributed by atoms with Crippen LogP contribution in [0.4, 0.5) is 0 Å². The lowest BCUT2D eigenvalue weighted by Gasteiger charge is -2.19. The molecule has 0 heterocycles. The van der Waals surface area contributed by atoms with Gasteiger partial charge in [0.15, 0.2) is 0 Å². The van der Waals surface area contributed by atoms with Gasteiger partial charge in [0, 0.05) is 19.4 Å². The molecule has 0 saturated carbocycles. The van der Waals surface area contributed by atoms with Crippen molar-refractivity contribution in [3.63, 3.8) is 0 Å². The van der Waals surface area contributed by atoms with E-state index >= 15 is 0 Å². The summed E-state index contributed by atoms with van der Waals surface area (Å²) in [5.74, 6) is -2.16. The Hall–Kier alpha value is -1.63. The Morgan fingerprint density at radius 1 is 1.15 bits per heavy atom. The molecule has 0 aliphatic carbocycles. The Labute approximate surface area is 118 Å². The van der Waals surface area contributed by atoms with Crippen molar-refractivity contribution in [1.29, 1.82) is 0 Å². The minimum atomic E-state index is -1.00. The van der Waals surface area contributed by atoms with Gasteiger partial charge >= 0.3 is 11.9 Å². The van der Waals surface area contributed by atoms with E-state index in [4.69, 9.17) is 15.9 Å². The van der Waals surface area contributed by atoms with Crippen LogP contribution in [0.1, 0.15) is 39.5 Å². The molecule has 116 valence electrons. The topological polar surface area (TPSA) is 130 Å². The van der Waals surface area contributed by atoms with Gasteiger partial charge in [-0.05, 0) is 24.7 Å². The molecule has 2 atom stereocenters. The van der Waals surface area contributed by atoms with E-state index < -0.39 is 23.9 Å². The molecule has 0 aromatic carbocycles. The number of carbonyl (C=O) groups excluding carboxylic acids is 1. The van der Waals surface area contributed by atoms with Gasteiger partial charge in [-0.3, -0.25) is 14.4 Å². The summed E-state index contributed by atoms with van der Waals surface area (Å²) in [5.41, 5.74) is 5.56. The number of aliphatic carboxylic acids is 2. The second-order valence-corrected chi connectivity index (χ2v) is 5.38. The van der Waals surface area contributed by atoms with E-state index in [0.717, 1.165) is 0 Å². The van der Waals surface area contributed by atoms with Crippen molar-refractivity contribution in [3.05, 3.63) is 0 Å². The van der Waals surface area contributed by atoms with Crippen molar-refractivity contribution in [2.45, 2.75) is 45.6 Å². The first-order valence-corrected chi connectivity index (χ1v) is 6.69. The number of nitrogens with one attached hydrogen (secondary N) is 1. The van der Waals surface area contributed by atoms with Crippen LogP contribution in [0, 0.1) is 11.8 Å². The number of carbonyl (C=O) groups is 3. The van der Waals surface area contributed by atoms with Crippen LogP contribution in [0.15, 0.2) is 0 Å². The Morgan fingerprint density at radius 2 is 1.75 bits per heavy atom. The molecule has 5 N–H and O–H groups in total. The fourth-order valence-corrected chi connectivity index (χ4v) is 1.94. The summed E-state index contributed by atoms with van der Waals surface area (Å²) in [7, 11) is 0. The van der Waals surface area contributed by atoms with E-state index in [0.29, 0.717) is 12.3 Å². The predicted molar refractivity (Wildman–Crippen MR) is 73.1 cm³/mol. The quantitative estimate of drug-likeness (QED) is 0.461. The standard InChI is InChI=1S/C13H24N2O5/c1-8(2)5-9(6-12(18)19)7-15-13(20)10(14)3-4-11(16)17/h8-10H,3-7,14H2,1-2H3,(H,15,20)(H,16,17)(H,18,19). The number of amides is 1. The molecule has 1 amide bonds. The molecule has 0 aliphatic rings. The normalized spacial score (nSPS) is 13.8. The number of rotatable bonds is 10. The number of hydrogen-bond donors (Lipinski definition) is 4. The second kappa shape index (κ2) is 9.30. The zero-order valence-corrected chi connectivity index (χ0v) is 12.0. The smallest absolute Gasteiger partial charge is 0.303 e. The summed E-state index contributed by atoms with van der Waals surface area (Å²) in [4.78, 5) is 32.8. The van der Waals surface area contributed by atoms with Crippen molar-refractivity contribution in [1.82, 2.24) is 5.32 Å². The molecule has 0 fully saturated rings. The third-order valence-electron chi connectivity index (χ3n) is 2.84. The molecule has 0 rings (SSSR count). The lowest BCUT2D eigenvalue weighted by molar-refractivity contribution is -0.139. The van der Waals surface area contributed by atoms with Gasteiger partial charge in [-0.15, -0.1) is 0 Å². The number of carboxylic acids is 2. The molecule has 0 aromatic heterocycles. The van der Waals surface area contributed by atoms with E-state index in [1.54, 1.807) is 0 Å². The lowest BCUT2D eigenvalue weighted by Crippen LogP contribution is -2.43. The van der Waals surface area contributed by atoms with E-state index in [1.165, 1.54) is 0 Å². The van der Waals surface area contributed by atoms with E-state index in [2.05, 4.69) is 5.32 Å². The monoisotopic (exact) mass is 288 g/mol. The first kappa shape index (κ1) is 18.4.